The number of nitrogens with two attached hydrogens (primary N) is 1. The van der Waals surface area contributed by atoms with Gasteiger partial charge in [-0.15, -0.1) is 0 Å². The average Bonchev–Trinajstić information content (AvgIpc) is 2.73. The summed E-state index contributed by atoms with van der Waals surface area (Å²) in [5.74, 6) is -2.19. The fourth-order valence-electron chi connectivity index (χ4n) is 2.98. The number of rotatable bonds is 8. The van der Waals surface area contributed by atoms with Crippen LogP contribution in [0.15, 0.2) is 60.8 Å². The minimum Gasteiger partial charge on any atom is -0.455 e. The lowest BCUT2D eigenvalue weighted by Gasteiger charge is -2.22. The van der Waals surface area contributed by atoms with Crippen molar-refractivity contribution < 1.29 is 23.5 Å². The van der Waals surface area contributed by atoms with E-state index in [4.69, 9.17) is 10.5 Å². The molecule has 0 radical (unpaired) electrons. The van der Waals surface area contributed by atoms with E-state index in [9.17, 15) is 18.8 Å². The van der Waals surface area contributed by atoms with Crippen molar-refractivity contribution in [2.24, 2.45) is 5.73 Å². The lowest BCUT2D eigenvalue weighted by atomic mass is 10.1. The number of para-hydroxylation sites is 1. The van der Waals surface area contributed by atoms with E-state index in [-0.39, 0.29) is 19.4 Å². The van der Waals surface area contributed by atoms with Gasteiger partial charge in [0.15, 0.2) is 6.61 Å². The normalized spacial score (nSPS) is 10.6. The van der Waals surface area contributed by atoms with Gasteiger partial charge in [0.05, 0.1) is 11.9 Å². The molecule has 0 saturated carbocycles. The summed E-state index contributed by atoms with van der Waals surface area (Å²) in [4.78, 5) is 41.5. The number of hydrogen-bond acceptors (Lipinski definition) is 5. The predicted octanol–water partition coefficient (Wildman–Crippen LogP) is 2.37. The molecule has 0 aliphatic rings. The molecule has 0 saturated heterocycles. The fourth-order valence-corrected chi connectivity index (χ4v) is 2.98. The first-order valence-corrected chi connectivity index (χ1v) is 9.26. The molecule has 154 valence electrons. The predicted molar refractivity (Wildman–Crippen MR) is 109 cm³/mol. The van der Waals surface area contributed by atoms with Crippen LogP contribution in [0.3, 0.4) is 0 Å². The SMILES string of the molecule is NC(=O)CCN(C(=O)COC(=O)Cc1cccc2cccnc12)c1ccc(F)cc1. The smallest absolute Gasteiger partial charge is 0.310 e. The van der Waals surface area contributed by atoms with Gasteiger partial charge < -0.3 is 15.4 Å². The lowest BCUT2D eigenvalue weighted by Crippen LogP contribution is -2.37. The Balaban J connectivity index is 1.65. The Hall–Kier alpha value is -3.81. The third-order valence-electron chi connectivity index (χ3n) is 4.43. The first kappa shape index (κ1) is 20.9. The van der Waals surface area contributed by atoms with Gasteiger partial charge in [0.2, 0.25) is 5.91 Å². The molecular weight excluding hydrogens is 389 g/mol. The molecule has 3 aromatic rings. The molecule has 3 rings (SSSR count). The zero-order chi connectivity index (χ0) is 21.5. The number of benzene rings is 2. The second kappa shape index (κ2) is 9.60. The van der Waals surface area contributed by atoms with E-state index in [0.717, 1.165) is 5.39 Å². The molecule has 0 fully saturated rings. The van der Waals surface area contributed by atoms with Crippen LogP contribution in [-0.2, 0) is 25.5 Å². The summed E-state index contributed by atoms with van der Waals surface area (Å²) in [5, 5.41) is 0.896. The van der Waals surface area contributed by atoms with Crippen LogP contribution in [0.2, 0.25) is 0 Å². The lowest BCUT2D eigenvalue weighted by molar-refractivity contribution is -0.147. The highest BCUT2D eigenvalue weighted by Gasteiger charge is 2.19. The summed E-state index contributed by atoms with van der Waals surface area (Å²) in [6.45, 7) is -0.530. The number of primary amides is 1. The number of halogens is 1. The number of hydrogen-bond donors (Lipinski definition) is 1. The van der Waals surface area contributed by atoms with Crippen molar-refractivity contribution in [3.05, 3.63) is 72.2 Å². The number of nitrogens with zero attached hydrogens (tertiary/aromatic N) is 2. The average molecular weight is 409 g/mol. The summed E-state index contributed by atoms with van der Waals surface area (Å²) >= 11 is 0. The van der Waals surface area contributed by atoms with Gasteiger partial charge in [-0.25, -0.2) is 4.39 Å². The van der Waals surface area contributed by atoms with Crippen molar-refractivity contribution in [3.8, 4) is 0 Å². The van der Waals surface area contributed by atoms with Crippen molar-refractivity contribution in [2.75, 3.05) is 18.1 Å². The Morgan fingerprint density at radius 3 is 2.50 bits per heavy atom. The van der Waals surface area contributed by atoms with Gasteiger partial charge in [0, 0.05) is 30.2 Å². The van der Waals surface area contributed by atoms with E-state index < -0.39 is 30.2 Å². The van der Waals surface area contributed by atoms with Crippen LogP contribution in [0.5, 0.6) is 0 Å². The Morgan fingerprint density at radius 1 is 1.03 bits per heavy atom. The first-order valence-electron chi connectivity index (χ1n) is 9.26. The maximum atomic E-state index is 13.2. The van der Waals surface area contributed by atoms with E-state index in [1.807, 2.05) is 18.2 Å². The highest BCUT2D eigenvalue weighted by molar-refractivity contribution is 5.96. The Morgan fingerprint density at radius 2 is 1.77 bits per heavy atom. The number of amides is 2. The zero-order valence-electron chi connectivity index (χ0n) is 16.1. The van der Waals surface area contributed by atoms with E-state index in [2.05, 4.69) is 4.98 Å². The van der Waals surface area contributed by atoms with Crippen molar-refractivity contribution in [1.82, 2.24) is 4.98 Å². The van der Waals surface area contributed by atoms with E-state index in [1.165, 1.54) is 29.2 Å². The highest BCUT2D eigenvalue weighted by Crippen LogP contribution is 2.18. The van der Waals surface area contributed by atoms with Crippen molar-refractivity contribution in [2.45, 2.75) is 12.8 Å². The number of anilines is 1. The maximum absolute atomic E-state index is 13.2. The third kappa shape index (κ3) is 5.38. The van der Waals surface area contributed by atoms with Crippen LogP contribution in [0.1, 0.15) is 12.0 Å². The quantitative estimate of drug-likeness (QED) is 0.576. The number of ether oxygens (including phenoxy) is 1. The molecular formula is C22H20FN3O4. The van der Waals surface area contributed by atoms with Crippen LogP contribution in [0.25, 0.3) is 10.9 Å². The van der Waals surface area contributed by atoms with Gasteiger partial charge in [0.25, 0.3) is 5.91 Å². The molecule has 0 bridgehead atoms. The molecule has 2 N–H and O–H groups in total. The largest absolute Gasteiger partial charge is 0.455 e. The van der Waals surface area contributed by atoms with Crippen LogP contribution >= 0.6 is 0 Å². The van der Waals surface area contributed by atoms with Crippen LogP contribution < -0.4 is 10.6 Å². The second-order valence-corrected chi connectivity index (χ2v) is 6.57. The number of pyridine rings is 1. The molecule has 0 aliphatic carbocycles. The van der Waals surface area contributed by atoms with Crippen molar-refractivity contribution in [3.63, 3.8) is 0 Å². The summed E-state index contributed by atoms with van der Waals surface area (Å²) < 4.78 is 18.3. The van der Waals surface area contributed by atoms with Crippen LogP contribution in [0, 0.1) is 5.82 Å². The number of carbonyl (C=O) groups excluding carboxylic acids is 3. The monoisotopic (exact) mass is 409 g/mol. The first-order chi connectivity index (χ1) is 14.4. The molecule has 1 heterocycles. The molecule has 0 aliphatic heterocycles. The minimum absolute atomic E-state index is 0.00933. The van der Waals surface area contributed by atoms with Gasteiger partial charge in [-0.05, 0) is 35.9 Å². The van der Waals surface area contributed by atoms with Crippen molar-refractivity contribution in [1.29, 1.82) is 0 Å². The van der Waals surface area contributed by atoms with Gasteiger partial charge in [-0.1, -0.05) is 24.3 Å². The number of aromatic nitrogens is 1. The fraction of sp³-hybridized carbons (Fsp3) is 0.182. The van der Waals surface area contributed by atoms with Crippen molar-refractivity contribution >= 4 is 34.4 Å². The molecule has 0 atom stereocenters. The molecule has 7 nitrogen and oxygen atoms in total. The Labute approximate surface area is 172 Å². The van der Waals surface area contributed by atoms with Gasteiger partial charge in [-0.2, -0.15) is 0 Å². The standard InChI is InChI=1S/C22H20FN3O4/c23-17-6-8-18(9-7-17)26(12-10-19(24)27)20(28)14-30-21(29)13-16-4-1-3-15-5-2-11-25-22(15)16/h1-9,11H,10,12-14H2,(H2,24,27). The summed E-state index contributed by atoms with van der Waals surface area (Å²) in [7, 11) is 0. The molecule has 30 heavy (non-hydrogen) atoms. The van der Waals surface area contributed by atoms with E-state index >= 15 is 0 Å². The molecule has 8 heteroatoms. The van der Waals surface area contributed by atoms with Crippen LogP contribution in [0.4, 0.5) is 10.1 Å². The zero-order valence-corrected chi connectivity index (χ0v) is 16.1. The van der Waals surface area contributed by atoms with Gasteiger partial charge in [-0.3, -0.25) is 19.4 Å². The second-order valence-electron chi connectivity index (χ2n) is 6.57. The van der Waals surface area contributed by atoms with Crippen LogP contribution in [-0.4, -0.2) is 35.9 Å². The summed E-state index contributed by atoms with van der Waals surface area (Å²) in [5.41, 5.74) is 6.92. The third-order valence-corrected chi connectivity index (χ3v) is 4.43. The maximum Gasteiger partial charge on any atom is 0.310 e. The topological polar surface area (TPSA) is 103 Å². The number of fused-ring (bicyclic) bond motifs is 1. The van der Waals surface area contributed by atoms with Gasteiger partial charge >= 0.3 is 5.97 Å². The number of carbonyl (C=O) groups is 3. The molecule has 2 aromatic carbocycles. The molecule has 2 amide bonds. The molecule has 1 aromatic heterocycles. The number of esters is 1. The summed E-state index contributed by atoms with van der Waals surface area (Å²) in [6, 6.07) is 14.4. The summed E-state index contributed by atoms with van der Waals surface area (Å²) in [6.07, 6.45) is 1.51. The highest BCUT2D eigenvalue weighted by atomic mass is 19.1. The van der Waals surface area contributed by atoms with E-state index in [1.54, 1.807) is 18.3 Å². The minimum atomic E-state index is -0.588. The Bertz CT molecular complexity index is 1060. The molecule has 0 spiro atoms. The van der Waals surface area contributed by atoms with E-state index in [0.29, 0.717) is 16.8 Å². The Kier molecular flexibility index (Phi) is 6.69. The van der Waals surface area contributed by atoms with Gasteiger partial charge in [0.1, 0.15) is 5.82 Å². The molecule has 0 unspecified atom stereocenters.